The van der Waals surface area contributed by atoms with Crippen molar-refractivity contribution in [3.63, 3.8) is 0 Å². The first kappa shape index (κ1) is 13.0. The first-order chi connectivity index (χ1) is 7.49. The van der Waals surface area contributed by atoms with E-state index in [0.29, 0.717) is 0 Å². The minimum absolute atomic E-state index is 0.0905. The predicted octanol–water partition coefficient (Wildman–Crippen LogP) is 3.01. The van der Waals surface area contributed by atoms with E-state index in [-0.39, 0.29) is 6.04 Å². The highest BCUT2D eigenvalue weighted by atomic mass is 19.4. The lowest BCUT2D eigenvalue weighted by Crippen LogP contribution is -2.27. The molecule has 0 amide bonds. The van der Waals surface area contributed by atoms with Crippen LogP contribution in [-0.4, -0.2) is 0 Å². The van der Waals surface area contributed by atoms with Crippen LogP contribution in [0, 0.1) is 0 Å². The molecule has 5 heteroatoms. The van der Waals surface area contributed by atoms with Crippen LogP contribution in [0.1, 0.15) is 36.9 Å². The molecule has 2 nitrogen and oxygen atoms in total. The van der Waals surface area contributed by atoms with E-state index in [1.165, 1.54) is 12.1 Å². The second-order valence-corrected chi connectivity index (χ2v) is 3.63. The maximum absolute atomic E-state index is 12.3. The van der Waals surface area contributed by atoms with Gasteiger partial charge in [-0.15, -0.1) is 0 Å². The molecule has 16 heavy (non-hydrogen) atoms. The first-order valence-corrected chi connectivity index (χ1v) is 5.12. The van der Waals surface area contributed by atoms with Crippen molar-refractivity contribution in [2.75, 3.05) is 0 Å². The van der Waals surface area contributed by atoms with Crippen molar-refractivity contribution in [3.05, 3.63) is 35.4 Å². The maximum atomic E-state index is 12.3. The lowest BCUT2D eigenvalue weighted by Gasteiger charge is -2.16. The molecule has 0 fully saturated rings. The van der Waals surface area contributed by atoms with E-state index >= 15 is 0 Å². The molecular formula is C11H15F3N2. The molecular weight excluding hydrogens is 217 g/mol. The molecule has 0 bridgehead atoms. The van der Waals surface area contributed by atoms with Crippen molar-refractivity contribution < 1.29 is 13.2 Å². The molecule has 0 aliphatic carbocycles. The average Bonchev–Trinajstić information content (AvgIpc) is 2.25. The van der Waals surface area contributed by atoms with Gasteiger partial charge in [-0.25, -0.2) is 0 Å². The highest BCUT2D eigenvalue weighted by Crippen LogP contribution is 2.30. The summed E-state index contributed by atoms with van der Waals surface area (Å²) in [5.41, 5.74) is 2.74. The predicted molar refractivity (Wildman–Crippen MR) is 56.4 cm³/mol. The zero-order chi connectivity index (χ0) is 12.2. The third kappa shape index (κ3) is 3.21. The highest BCUT2D eigenvalue weighted by Gasteiger charge is 2.30. The Kier molecular flexibility index (Phi) is 4.32. The van der Waals surface area contributed by atoms with Gasteiger partial charge in [-0.05, 0) is 24.1 Å². The molecule has 0 aliphatic heterocycles. The Balaban J connectivity index is 2.85. The summed E-state index contributed by atoms with van der Waals surface area (Å²) >= 11 is 0. The molecule has 1 aromatic rings. The summed E-state index contributed by atoms with van der Waals surface area (Å²) in [7, 11) is 0. The Morgan fingerprint density at radius 3 is 2.19 bits per heavy atom. The number of hydrogen-bond donors (Lipinski definition) is 2. The molecule has 0 aromatic heterocycles. The Bertz CT molecular complexity index is 319. The zero-order valence-corrected chi connectivity index (χ0v) is 9.01. The maximum Gasteiger partial charge on any atom is 0.416 e. The van der Waals surface area contributed by atoms with Crippen molar-refractivity contribution in [2.45, 2.75) is 32.0 Å². The minimum atomic E-state index is -4.28. The molecule has 90 valence electrons. The number of benzene rings is 1. The van der Waals surface area contributed by atoms with Crippen LogP contribution in [0.5, 0.6) is 0 Å². The summed E-state index contributed by atoms with van der Waals surface area (Å²) in [6, 6.07) is 4.99. The van der Waals surface area contributed by atoms with Gasteiger partial charge in [0.1, 0.15) is 0 Å². The van der Waals surface area contributed by atoms with Crippen LogP contribution in [0.25, 0.3) is 0 Å². The Hall–Kier alpha value is -1.07. The monoisotopic (exact) mass is 232 g/mol. The van der Waals surface area contributed by atoms with E-state index in [0.717, 1.165) is 30.5 Å². The summed E-state index contributed by atoms with van der Waals surface area (Å²) in [6.45, 7) is 1.99. The number of alkyl halides is 3. The van der Waals surface area contributed by atoms with Crippen LogP contribution in [0.3, 0.4) is 0 Å². The summed E-state index contributed by atoms with van der Waals surface area (Å²) in [6.07, 6.45) is -2.58. The van der Waals surface area contributed by atoms with Gasteiger partial charge in [0, 0.05) is 6.04 Å². The van der Waals surface area contributed by atoms with Crippen LogP contribution in [-0.2, 0) is 6.18 Å². The fourth-order valence-corrected chi connectivity index (χ4v) is 1.54. The molecule has 0 heterocycles. The summed E-state index contributed by atoms with van der Waals surface area (Å²) in [5.74, 6) is 5.34. The number of nitrogens with one attached hydrogen (secondary N) is 1. The molecule has 1 unspecified atom stereocenters. The van der Waals surface area contributed by atoms with Gasteiger partial charge in [0.2, 0.25) is 0 Å². The van der Waals surface area contributed by atoms with E-state index in [4.69, 9.17) is 5.84 Å². The smallest absolute Gasteiger partial charge is 0.271 e. The van der Waals surface area contributed by atoms with Gasteiger partial charge in [-0.3, -0.25) is 11.3 Å². The van der Waals surface area contributed by atoms with E-state index in [1.807, 2.05) is 6.92 Å². The molecule has 0 spiro atoms. The first-order valence-electron chi connectivity index (χ1n) is 5.12. The molecule has 1 atom stereocenters. The third-order valence-electron chi connectivity index (χ3n) is 2.42. The molecule has 3 N–H and O–H groups in total. The van der Waals surface area contributed by atoms with Gasteiger partial charge < -0.3 is 0 Å². The fourth-order valence-electron chi connectivity index (χ4n) is 1.54. The molecule has 0 saturated carbocycles. The van der Waals surface area contributed by atoms with Gasteiger partial charge >= 0.3 is 6.18 Å². The van der Waals surface area contributed by atoms with E-state index in [1.54, 1.807) is 0 Å². The van der Waals surface area contributed by atoms with Crippen molar-refractivity contribution in [3.8, 4) is 0 Å². The van der Waals surface area contributed by atoms with E-state index in [9.17, 15) is 13.2 Å². The molecule has 0 aliphatic rings. The Morgan fingerprint density at radius 2 is 1.81 bits per heavy atom. The standard InChI is InChI=1S/C11H15F3N2/c1-2-3-10(16-15)8-4-6-9(7-5-8)11(12,13)14/h4-7,10,16H,2-3,15H2,1H3. The molecule has 1 rings (SSSR count). The minimum Gasteiger partial charge on any atom is -0.271 e. The van der Waals surface area contributed by atoms with Crippen LogP contribution in [0.2, 0.25) is 0 Å². The third-order valence-corrected chi connectivity index (χ3v) is 2.42. The van der Waals surface area contributed by atoms with Crippen LogP contribution in [0.15, 0.2) is 24.3 Å². The summed E-state index contributed by atoms with van der Waals surface area (Å²) < 4.78 is 36.9. The normalized spacial score (nSPS) is 13.8. The average molecular weight is 232 g/mol. The van der Waals surface area contributed by atoms with Gasteiger partial charge in [0.15, 0.2) is 0 Å². The zero-order valence-electron chi connectivity index (χ0n) is 9.01. The van der Waals surface area contributed by atoms with Gasteiger partial charge in [0.05, 0.1) is 5.56 Å². The van der Waals surface area contributed by atoms with Crippen LogP contribution < -0.4 is 11.3 Å². The largest absolute Gasteiger partial charge is 0.416 e. The SMILES string of the molecule is CCCC(NN)c1ccc(C(F)(F)F)cc1. The van der Waals surface area contributed by atoms with Crippen molar-refractivity contribution >= 4 is 0 Å². The quantitative estimate of drug-likeness (QED) is 0.618. The van der Waals surface area contributed by atoms with Gasteiger partial charge in [0.25, 0.3) is 0 Å². The Labute approximate surface area is 92.6 Å². The fraction of sp³-hybridized carbons (Fsp3) is 0.455. The molecule has 0 radical (unpaired) electrons. The summed E-state index contributed by atoms with van der Waals surface area (Å²) in [4.78, 5) is 0. The van der Waals surface area contributed by atoms with E-state index < -0.39 is 11.7 Å². The number of rotatable bonds is 4. The lowest BCUT2D eigenvalue weighted by molar-refractivity contribution is -0.137. The molecule has 0 saturated heterocycles. The van der Waals surface area contributed by atoms with Crippen LogP contribution in [0.4, 0.5) is 13.2 Å². The topological polar surface area (TPSA) is 38.0 Å². The number of nitrogens with two attached hydrogens (primary N) is 1. The number of halogens is 3. The van der Waals surface area contributed by atoms with Crippen molar-refractivity contribution in [1.29, 1.82) is 0 Å². The van der Waals surface area contributed by atoms with E-state index in [2.05, 4.69) is 5.43 Å². The van der Waals surface area contributed by atoms with Crippen molar-refractivity contribution in [1.82, 2.24) is 5.43 Å². The molecule has 1 aromatic carbocycles. The summed E-state index contributed by atoms with van der Waals surface area (Å²) in [5, 5.41) is 0. The van der Waals surface area contributed by atoms with Gasteiger partial charge in [-0.2, -0.15) is 13.2 Å². The highest BCUT2D eigenvalue weighted by molar-refractivity contribution is 5.26. The number of hydrogen-bond acceptors (Lipinski definition) is 2. The second-order valence-electron chi connectivity index (χ2n) is 3.63. The van der Waals surface area contributed by atoms with Gasteiger partial charge in [-0.1, -0.05) is 25.5 Å². The van der Waals surface area contributed by atoms with Crippen molar-refractivity contribution in [2.24, 2.45) is 5.84 Å². The second kappa shape index (κ2) is 5.32. The lowest BCUT2D eigenvalue weighted by atomic mass is 10.0. The van der Waals surface area contributed by atoms with Crippen LogP contribution >= 0.6 is 0 Å². The Morgan fingerprint density at radius 1 is 1.25 bits per heavy atom. The number of hydrazine groups is 1.